The average Bonchev–Trinajstić information content (AvgIpc) is 3.13. The fraction of sp³-hybridized carbons (Fsp3) is 0.286. The molecule has 0 spiro atoms. The number of aromatic nitrogens is 2. The Labute approximate surface area is 149 Å². The predicted octanol–water partition coefficient (Wildman–Crippen LogP) is 0.560. The smallest absolute Gasteiger partial charge is 0.127 e. The Kier molecular flexibility index (Phi) is 4.91. The predicted molar refractivity (Wildman–Crippen MR) is 99.3 cm³/mol. The lowest BCUT2D eigenvalue weighted by Crippen LogP contribution is -3.27. The van der Waals surface area contributed by atoms with Gasteiger partial charge < -0.3 is 9.80 Å². The summed E-state index contributed by atoms with van der Waals surface area (Å²) >= 11 is 0. The van der Waals surface area contributed by atoms with Crippen LogP contribution in [0.3, 0.4) is 0 Å². The molecular formula is C21H26N4+2. The second kappa shape index (κ2) is 7.64. The maximum absolute atomic E-state index is 4.29. The summed E-state index contributed by atoms with van der Waals surface area (Å²) in [4.78, 5) is 3.36. The van der Waals surface area contributed by atoms with Crippen molar-refractivity contribution in [1.82, 2.24) is 10.2 Å². The zero-order chi connectivity index (χ0) is 16.9. The number of hydrogen-bond donors (Lipinski definition) is 3. The molecule has 1 aromatic heterocycles. The molecule has 0 radical (unpaired) electrons. The van der Waals surface area contributed by atoms with Gasteiger partial charge in [-0.3, -0.25) is 5.10 Å². The third-order valence-electron chi connectivity index (χ3n) is 5.18. The van der Waals surface area contributed by atoms with Crippen molar-refractivity contribution < 1.29 is 9.80 Å². The molecule has 0 amide bonds. The zero-order valence-electron chi connectivity index (χ0n) is 14.5. The van der Waals surface area contributed by atoms with E-state index in [1.165, 1.54) is 48.6 Å². The van der Waals surface area contributed by atoms with E-state index in [2.05, 4.69) is 70.9 Å². The van der Waals surface area contributed by atoms with Gasteiger partial charge in [-0.05, 0) is 0 Å². The van der Waals surface area contributed by atoms with Crippen molar-refractivity contribution in [3.05, 3.63) is 78.0 Å². The van der Waals surface area contributed by atoms with E-state index in [4.69, 9.17) is 0 Å². The molecule has 25 heavy (non-hydrogen) atoms. The third kappa shape index (κ3) is 3.98. The van der Waals surface area contributed by atoms with E-state index in [1.54, 1.807) is 9.80 Å². The highest BCUT2D eigenvalue weighted by atomic mass is 15.3. The molecule has 4 nitrogen and oxygen atoms in total. The summed E-state index contributed by atoms with van der Waals surface area (Å²) in [6, 6.07) is 21.4. The highest BCUT2D eigenvalue weighted by Crippen LogP contribution is 2.19. The van der Waals surface area contributed by atoms with Gasteiger partial charge in [0.05, 0.1) is 17.5 Å². The van der Waals surface area contributed by atoms with Gasteiger partial charge in [0.2, 0.25) is 0 Å². The van der Waals surface area contributed by atoms with Crippen molar-refractivity contribution in [3.63, 3.8) is 0 Å². The number of aromatic amines is 1. The van der Waals surface area contributed by atoms with Crippen LogP contribution < -0.4 is 9.80 Å². The second-order valence-electron chi connectivity index (χ2n) is 6.98. The Bertz CT molecular complexity index is 774. The number of nitrogens with one attached hydrogen (secondary N) is 3. The molecule has 2 aromatic carbocycles. The van der Waals surface area contributed by atoms with Gasteiger partial charge in [-0.25, -0.2) is 0 Å². The number of rotatable bonds is 5. The van der Waals surface area contributed by atoms with Gasteiger partial charge in [0, 0.05) is 11.1 Å². The van der Waals surface area contributed by atoms with E-state index >= 15 is 0 Å². The fourth-order valence-corrected chi connectivity index (χ4v) is 3.76. The van der Waals surface area contributed by atoms with Gasteiger partial charge in [0.15, 0.2) is 0 Å². The molecule has 3 N–H and O–H groups in total. The van der Waals surface area contributed by atoms with Crippen LogP contribution in [-0.4, -0.2) is 36.4 Å². The summed E-state index contributed by atoms with van der Waals surface area (Å²) < 4.78 is 0. The van der Waals surface area contributed by atoms with E-state index in [0.717, 1.165) is 13.1 Å². The molecule has 0 saturated carbocycles. The summed E-state index contributed by atoms with van der Waals surface area (Å²) in [5.74, 6) is 0. The normalized spacial score (nSPS) is 20.5. The standard InChI is InChI=1S/C21H24N4/c1-3-7-18(8-4-1)16-24-11-13-25(14-12-24)17-20-15-22-23-21(20)19-9-5-2-6-10-19/h1-10,15H,11-14,16-17H2,(H,22,23)/p+2. The first-order valence-electron chi connectivity index (χ1n) is 9.17. The van der Waals surface area contributed by atoms with Crippen molar-refractivity contribution in [2.75, 3.05) is 26.2 Å². The van der Waals surface area contributed by atoms with E-state index < -0.39 is 0 Å². The largest absolute Gasteiger partial charge is 0.322 e. The van der Waals surface area contributed by atoms with Crippen LogP contribution in [0, 0.1) is 0 Å². The van der Waals surface area contributed by atoms with Crippen LogP contribution >= 0.6 is 0 Å². The van der Waals surface area contributed by atoms with Crippen molar-refractivity contribution in [1.29, 1.82) is 0 Å². The van der Waals surface area contributed by atoms with Gasteiger partial charge in [0.1, 0.15) is 39.3 Å². The number of quaternary nitrogens is 2. The summed E-state index contributed by atoms with van der Waals surface area (Å²) in [6.07, 6.45) is 2.00. The van der Waals surface area contributed by atoms with E-state index in [1.807, 2.05) is 6.20 Å². The monoisotopic (exact) mass is 334 g/mol. The molecule has 1 aliphatic rings. The van der Waals surface area contributed by atoms with Crippen molar-refractivity contribution in [2.24, 2.45) is 0 Å². The lowest BCUT2D eigenvalue weighted by molar-refractivity contribution is -1.02. The summed E-state index contributed by atoms with van der Waals surface area (Å²) in [5.41, 5.74) is 5.17. The van der Waals surface area contributed by atoms with Crippen LogP contribution in [0.15, 0.2) is 66.9 Å². The molecule has 1 saturated heterocycles. The molecule has 0 aliphatic carbocycles. The molecule has 1 fully saturated rings. The third-order valence-corrected chi connectivity index (χ3v) is 5.18. The Morgan fingerprint density at radius 1 is 0.760 bits per heavy atom. The van der Waals surface area contributed by atoms with Gasteiger partial charge in [-0.1, -0.05) is 60.7 Å². The Balaban J connectivity index is 1.34. The second-order valence-corrected chi connectivity index (χ2v) is 6.98. The SMILES string of the molecule is c1ccc(C[NH+]2CC[NH+](Cc3cn[nH]c3-c3ccccc3)CC2)cc1. The summed E-state index contributed by atoms with van der Waals surface area (Å²) in [5, 5.41) is 7.48. The van der Waals surface area contributed by atoms with E-state index in [9.17, 15) is 0 Å². The van der Waals surface area contributed by atoms with Crippen molar-refractivity contribution >= 4 is 0 Å². The average molecular weight is 334 g/mol. The van der Waals surface area contributed by atoms with E-state index in [0.29, 0.717) is 0 Å². The molecule has 128 valence electrons. The lowest BCUT2D eigenvalue weighted by Gasteiger charge is -2.29. The van der Waals surface area contributed by atoms with Crippen LogP contribution in [0.5, 0.6) is 0 Å². The number of nitrogens with zero attached hydrogens (tertiary/aromatic N) is 1. The van der Waals surface area contributed by atoms with Crippen LogP contribution in [0.1, 0.15) is 11.1 Å². The molecule has 4 rings (SSSR count). The first-order valence-corrected chi connectivity index (χ1v) is 9.17. The van der Waals surface area contributed by atoms with Crippen molar-refractivity contribution in [3.8, 4) is 11.3 Å². The Morgan fingerprint density at radius 2 is 1.36 bits per heavy atom. The molecule has 0 bridgehead atoms. The van der Waals surface area contributed by atoms with Gasteiger partial charge in [0.25, 0.3) is 0 Å². The minimum atomic E-state index is 1.05. The molecular weight excluding hydrogens is 308 g/mol. The van der Waals surface area contributed by atoms with Crippen LogP contribution in [0.2, 0.25) is 0 Å². The quantitative estimate of drug-likeness (QED) is 0.627. The number of benzene rings is 2. The number of hydrogen-bond acceptors (Lipinski definition) is 1. The van der Waals surface area contributed by atoms with Crippen LogP contribution in [0.4, 0.5) is 0 Å². The fourth-order valence-electron chi connectivity index (χ4n) is 3.76. The minimum Gasteiger partial charge on any atom is -0.322 e. The zero-order valence-corrected chi connectivity index (χ0v) is 14.5. The first-order chi connectivity index (χ1) is 12.4. The van der Waals surface area contributed by atoms with E-state index in [-0.39, 0.29) is 0 Å². The van der Waals surface area contributed by atoms with Crippen LogP contribution in [0.25, 0.3) is 11.3 Å². The molecule has 0 unspecified atom stereocenters. The molecule has 3 aromatic rings. The Morgan fingerprint density at radius 3 is 2.04 bits per heavy atom. The summed E-state index contributed by atoms with van der Waals surface area (Å²) in [7, 11) is 0. The van der Waals surface area contributed by atoms with Crippen LogP contribution in [-0.2, 0) is 13.1 Å². The number of H-pyrrole nitrogens is 1. The lowest BCUT2D eigenvalue weighted by atomic mass is 10.1. The van der Waals surface area contributed by atoms with Gasteiger partial charge in [-0.2, -0.15) is 5.10 Å². The maximum atomic E-state index is 4.29. The molecule has 2 heterocycles. The first kappa shape index (κ1) is 16.1. The highest BCUT2D eigenvalue weighted by Gasteiger charge is 2.24. The Hall–Kier alpha value is -2.43. The highest BCUT2D eigenvalue weighted by molar-refractivity contribution is 5.62. The van der Waals surface area contributed by atoms with Crippen molar-refractivity contribution in [2.45, 2.75) is 13.1 Å². The number of piperazine rings is 1. The maximum Gasteiger partial charge on any atom is 0.127 e. The molecule has 1 aliphatic heterocycles. The van der Waals surface area contributed by atoms with Gasteiger partial charge >= 0.3 is 0 Å². The molecule has 0 atom stereocenters. The molecule has 4 heteroatoms. The minimum absolute atomic E-state index is 1.05. The topological polar surface area (TPSA) is 37.6 Å². The van der Waals surface area contributed by atoms with Gasteiger partial charge in [-0.15, -0.1) is 0 Å². The summed E-state index contributed by atoms with van der Waals surface area (Å²) in [6.45, 7) is 7.13.